The van der Waals surface area contributed by atoms with Crippen molar-refractivity contribution in [3.63, 3.8) is 0 Å². The normalized spacial score (nSPS) is 9.90. The lowest BCUT2D eigenvalue weighted by atomic mass is 10.2. The first-order valence-electron chi connectivity index (χ1n) is 5.91. The first-order valence-corrected chi connectivity index (χ1v) is 5.91. The molecule has 4 N–H and O–H groups in total. The number of amides is 2. The molecule has 0 aliphatic carbocycles. The zero-order valence-electron chi connectivity index (χ0n) is 10.8. The van der Waals surface area contributed by atoms with Gasteiger partial charge in [-0.05, 0) is 24.3 Å². The van der Waals surface area contributed by atoms with Crippen molar-refractivity contribution >= 4 is 23.9 Å². The van der Waals surface area contributed by atoms with Crippen LogP contribution in [0.3, 0.4) is 0 Å². The molecular weight excluding hydrogens is 276 g/mol. The van der Waals surface area contributed by atoms with E-state index in [4.69, 9.17) is 10.5 Å². The lowest BCUT2D eigenvalue weighted by molar-refractivity contribution is -0.118. The van der Waals surface area contributed by atoms with E-state index >= 15 is 0 Å². The van der Waals surface area contributed by atoms with Crippen LogP contribution in [-0.2, 0) is 4.79 Å². The van der Waals surface area contributed by atoms with Crippen molar-refractivity contribution < 1.29 is 19.1 Å². The highest BCUT2D eigenvalue weighted by Gasteiger charge is 2.13. The van der Waals surface area contributed by atoms with Gasteiger partial charge in [0.05, 0.1) is 6.33 Å². The summed E-state index contributed by atoms with van der Waals surface area (Å²) in [7, 11) is 0. The van der Waals surface area contributed by atoms with Gasteiger partial charge in [0.1, 0.15) is 17.7 Å². The highest BCUT2D eigenvalue weighted by Crippen LogP contribution is 2.12. The molecule has 8 nitrogen and oxygen atoms in total. The van der Waals surface area contributed by atoms with Crippen LogP contribution >= 0.6 is 0 Å². The van der Waals surface area contributed by atoms with Crippen LogP contribution in [0.25, 0.3) is 0 Å². The molecule has 21 heavy (non-hydrogen) atoms. The van der Waals surface area contributed by atoms with Crippen LogP contribution in [0.15, 0.2) is 30.6 Å². The average Bonchev–Trinajstić information content (AvgIpc) is 2.94. The largest absolute Gasteiger partial charge is 0.484 e. The van der Waals surface area contributed by atoms with Crippen molar-refractivity contribution in [2.75, 3.05) is 11.9 Å². The number of benzene rings is 1. The van der Waals surface area contributed by atoms with E-state index in [1.54, 1.807) is 24.3 Å². The van der Waals surface area contributed by atoms with Gasteiger partial charge in [0, 0.05) is 5.56 Å². The molecule has 0 saturated carbocycles. The Morgan fingerprint density at radius 1 is 1.33 bits per heavy atom. The molecule has 2 aromatic rings. The third-order valence-electron chi connectivity index (χ3n) is 2.53. The molecule has 0 spiro atoms. The average molecular weight is 288 g/mol. The summed E-state index contributed by atoms with van der Waals surface area (Å²) in [6.07, 6.45) is 1.95. The molecule has 8 heteroatoms. The maximum absolute atomic E-state index is 11.7. The molecule has 1 heterocycles. The van der Waals surface area contributed by atoms with E-state index in [0.29, 0.717) is 17.6 Å². The smallest absolute Gasteiger partial charge is 0.269 e. The number of aldehydes is 1. The fourth-order valence-corrected chi connectivity index (χ4v) is 1.54. The van der Waals surface area contributed by atoms with Crippen molar-refractivity contribution in [2.24, 2.45) is 5.73 Å². The van der Waals surface area contributed by atoms with Crippen LogP contribution < -0.4 is 15.8 Å². The fraction of sp³-hybridized carbons (Fsp3) is 0.0769. The van der Waals surface area contributed by atoms with Crippen LogP contribution in [0, 0.1) is 0 Å². The van der Waals surface area contributed by atoms with Gasteiger partial charge in [-0.25, -0.2) is 4.98 Å². The summed E-state index contributed by atoms with van der Waals surface area (Å²) in [6.45, 7) is -0.272. The Balaban J connectivity index is 1.91. The predicted octanol–water partition coefficient (Wildman–Crippen LogP) is 0.339. The molecule has 0 unspecified atom stereocenters. The number of aromatic nitrogens is 2. The standard InChI is InChI=1S/C13H12N4O4/c14-12(20)11-13(16-7-15-11)17-10(19)6-21-9-3-1-8(5-18)2-4-9/h1-5,7H,6H2,(H2,14,20)(H,15,16)(H,17,19). The number of ether oxygens (including phenoxy) is 1. The monoisotopic (exact) mass is 288 g/mol. The summed E-state index contributed by atoms with van der Waals surface area (Å²) < 4.78 is 5.23. The van der Waals surface area contributed by atoms with Crippen LogP contribution in [0.5, 0.6) is 5.75 Å². The number of carbonyl (C=O) groups excluding carboxylic acids is 3. The molecule has 2 amide bonds. The zero-order valence-corrected chi connectivity index (χ0v) is 10.8. The number of imidazole rings is 1. The molecule has 2 rings (SSSR count). The van der Waals surface area contributed by atoms with Gasteiger partial charge in [0.15, 0.2) is 12.4 Å². The summed E-state index contributed by atoms with van der Waals surface area (Å²) in [5.74, 6) is -0.738. The van der Waals surface area contributed by atoms with Gasteiger partial charge in [-0.15, -0.1) is 0 Å². The van der Waals surface area contributed by atoms with Gasteiger partial charge in [-0.3, -0.25) is 14.4 Å². The van der Waals surface area contributed by atoms with E-state index in [-0.39, 0.29) is 18.1 Å². The number of aromatic amines is 1. The van der Waals surface area contributed by atoms with Gasteiger partial charge in [0.2, 0.25) is 0 Å². The SMILES string of the molecule is NC(=O)c1[nH]cnc1NC(=O)COc1ccc(C=O)cc1. The molecule has 0 radical (unpaired) electrons. The number of nitrogens with zero attached hydrogens (tertiary/aromatic N) is 1. The van der Waals surface area contributed by atoms with Crippen molar-refractivity contribution in [1.29, 1.82) is 0 Å². The van der Waals surface area contributed by atoms with Gasteiger partial charge in [0.25, 0.3) is 11.8 Å². The molecule has 0 fully saturated rings. The van der Waals surface area contributed by atoms with Gasteiger partial charge in [-0.1, -0.05) is 0 Å². The van der Waals surface area contributed by atoms with Crippen LogP contribution in [0.2, 0.25) is 0 Å². The Morgan fingerprint density at radius 2 is 2.05 bits per heavy atom. The second-order valence-corrected chi connectivity index (χ2v) is 4.01. The van der Waals surface area contributed by atoms with Gasteiger partial charge in [-0.2, -0.15) is 0 Å². The number of H-pyrrole nitrogens is 1. The first kappa shape index (κ1) is 14.3. The molecule has 0 bridgehead atoms. The number of carbonyl (C=O) groups is 3. The maximum Gasteiger partial charge on any atom is 0.269 e. The van der Waals surface area contributed by atoms with Crippen LogP contribution in [0.4, 0.5) is 5.82 Å². The minimum absolute atomic E-state index is 0.0127. The lowest BCUT2D eigenvalue weighted by Gasteiger charge is -2.06. The number of primary amides is 1. The highest BCUT2D eigenvalue weighted by molar-refractivity contribution is 6.00. The topological polar surface area (TPSA) is 127 Å². The molecular formula is C13H12N4O4. The second-order valence-electron chi connectivity index (χ2n) is 4.01. The molecule has 1 aromatic carbocycles. The third-order valence-corrected chi connectivity index (χ3v) is 2.53. The van der Waals surface area contributed by atoms with Crippen LogP contribution in [-0.4, -0.2) is 34.7 Å². The number of nitrogens with one attached hydrogen (secondary N) is 2. The molecule has 0 aliphatic rings. The minimum atomic E-state index is -0.729. The zero-order chi connectivity index (χ0) is 15.2. The number of hydrogen-bond donors (Lipinski definition) is 3. The van der Waals surface area contributed by atoms with Crippen molar-refractivity contribution in [1.82, 2.24) is 9.97 Å². The summed E-state index contributed by atoms with van der Waals surface area (Å²) >= 11 is 0. The van der Waals surface area contributed by atoms with E-state index in [2.05, 4.69) is 15.3 Å². The van der Waals surface area contributed by atoms with Crippen LogP contribution in [0.1, 0.15) is 20.8 Å². The quantitative estimate of drug-likeness (QED) is 0.660. The lowest BCUT2D eigenvalue weighted by Crippen LogP contribution is -2.23. The van der Waals surface area contributed by atoms with E-state index in [1.807, 2.05) is 0 Å². The predicted molar refractivity (Wildman–Crippen MR) is 73.1 cm³/mol. The molecule has 0 atom stereocenters. The van der Waals surface area contributed by atoms with Crippen molar-refractivity contribution in [3.05, 3.63) is 41.9 Å². The minimum Gasteiger partial charge on any atom is -0.484 e. The number of hydrogen-bond acceptors (Lipinski definition) is 5. The molecule has 0 saturated heterocycles. The van der Waals surface area contributed by atoms with E-state index in [9.17, 15) is 14.4 Å². The number of rotatable bonds is 6. The summed E-state index contributed by atoms with van der Waals surface area (Å²) in [6, 6.07) is 6.28. The number of nitrogens with two attached hydrogens (primary N) is 1. The highest BCUT2D eigenvalue weighted by atomic mass is 16.5. The molecule has 1 aromatic heterocycles. The maximum atomic E-state index is 11.7. The molecule has 108 valence electrons. The summed E-state index contributed by atoms with van der Waals surface area (Å²) in [4.78, 5) is 39.5. The summed E-state index contributed by atoms with van der Waals surface area (Å²) in [5.41, 5.74) is 5.63. The van der Waals surface area contributed by atoms with E-state index in [1.165, 1.54) is 6.33 Å². The fourth-order valence-electron chi connectivity index (χ4n) is 1.54. The second kappa shape index (κ2) is 6.33. The Bertz CT molecular complexity index is 663. The molecule has 0 aliphatic heterocycles. The Kier molecular flexibility index (Phi) is 4.30. The van der Waals surface area contributed by atoms with E-state index in [0.717, 1.165) is 0 Å². The van der Waals surface area contributed by atoms with E-state index < -0.39 is 11.8 Å². The summed E-state index contributed by atoms with van der Waals surface area (Å²) in [5, 5.41) is 2.40. The Hall–Kier alpha value is -3.16. The van der Waals surface area contributed by atoms with Crippen molar-refractivity contribution in [2.45, 2.75) is 0 Å². The number of anilines is 1. The van der Waals surface area contributed by atoms with Gasteiger partial charge >= 0.3 is 0 Å². The van der Waals surface area contributed by atoms with Crippen molar-refractivity contribution in [3.8, 4) is 5.75 Å². The first-order chi connectivity index (χ1) is 10.1. The Labute approximate surface area is 119 Å². The van der Waals surface area contributed by atoms with Gasteiger partial charge < -0.3 is 20.8 Å². The Morgan fingerprint density at radius 3 is 2.67 bits per heavy atom. The third kappa shape index (κ3) is 3.66.